The minimum Gasteiger partial charge on any atom is -0.397 e. The summed E-state index contributed by atoms with van der Waals surface area (Å²) in [5.41, 5.74) is 13.2. The van der Waals surface area contributed by atoms with E-state index >= 15 is 0 Å². The maximum absolute atomic E-state index is 5.73. The Hall–Kier alpha value is -0.480. The molecule has 0 aliphatic heterocycles. The summed E-state index contributed by atoms with van der Waals surface area (Å²) >= 11 is 8.94. The zero-order chi connectivity index (χ0) is 9.14. The third-order valence-corrected chi connectivity index (χ3v) is 1.95. The second-order valence-corrected chi connectivity index (χ2v) is 4.56. The molecule has 1 unspecified atom stereocenters. The smallest absolute Gasteiger partial charge is 0.0927 e. The highest BCUT2D eigenvalue weighted by atomic mass is 79.9. The third kappa shape index (κ3) is 2.25. The van der Waals surface area contributed by atoms with Crippen LogP contribution in [0, 0.1) is 0 Å². The molecule has 1 aromatic heterocycles. The lowest BCUT2D eigenvalue weighted by molar-refractivity contribution is 1.09. The lowest BCUT2D eigenvalue weighted by atomic mass is 10.2. The molecule has 5 heteroatoms. The molecule has 3 nitrogen and oxygen atoms in total. The Morgan fingerprint density at radius 3 is 2.75 bits per heavy atom. The van der Waals surface area contributed by atoms with Gasteiger partial charge >= 0.3 is 0 Å². The first-order valence-electron chi connectivity index (χ1n) is 3.37. The van der Waals surface area contributed by atoms with Crippen molar-refractivity contribution in [1.82, 2.24) is 4.98 Å². The summed E-state index contributed by atoms with van der Waals surface area (Å²) in [7, 11) is 0. The number of hydrogen-bond acceptors (Lipinski definition) is 3. The number of halogens is 2. The molecule has 4 N–H and O–H groups in total. The fraction of sp³-hybridized carbons (Fsp3) is 0.286. The molecule has 12 heavy (non-hydrogen) atoms. The van der Waals surface area contributed by atoms with Gasteiger partial charge in [-0.15, -0.1) is 11.6 Å². The van der Waals surface area contributed by atoms with Crippen molar-refractivity contribution in [2.75, 3.05) is 11.5 Å². The van der Waals surface area contributed by atoms with Gasteiger partial charge in [-0.1, -0.05) is 15.9 Å². The van der Waals surface area contributed by atoms with E-state index < -0.39 is 0 Å². The van der Waals surface area contributed by atoms with Gasteiger partial charge in [0.15, 0.2) is 0 Å². The van der Waals surface area contributed by atoms with E-state index in [4.69, 9.17) is 23.1 Å². The van der Waals surface area contributed by atoms with Gasteiger partial charge in [-0.25, -0.2) is 0 Å². The third-order valence-electron chi connectivity index (χ3n) is 1.48. The Morgan fingerprint density at radius 1 is 1.50 bits per heavy atom. The van der Waals surface area contributed by atoms with Crippen LogP contribution in [0.4, 0.5) is 11.4 Å². The molecule has 0 amide bonds. The van der Waals surface area contributed by atoms with E-state index in [0.29, 0.717) is 17.8 Å². The van der Waals surface area contributed by atoms with Gasteiger partial charge < -0.3 is 11.5 Å². The van der Waals surface area contributed by atoms with Gasteiger partial charge in [-0.2, -0.15) is 0 Å². The molecule has 0 spiro atoms. The summed E-state index contributed by atoms with van der Waals surface area (Å²) < 4.78 is -0.136. The number of rotatable bonds is 2. The van der Waals surface area contributed by atoms with Crippen molar-refractivity contribution in [3.63, 3.8) is 0 Å². The predicted molar refractivity (Wildman–Crippen MR) is 55.3 cm³/mol. The minimum absolute atomic E-state index is 0.136. The SMILES string of the molecule is Nc1cncc(CC(Cl)Br)c1N. The number of pyridine rings is 1. The average Bonchev–Trinajstić information content (AvgIpc) is 1.98. The molecule has 0 saturated carbocycles. The molecular weight excluding hydrogens is 241 g/mol. The Balaban J connectivity index is 2.92. The average molecular weight is 251 g/mol. The summed E-state index contributed by atoms with van der Waals surface area (Å²) in [4.78, 5) is 3.91. The number of anilines is 2. The largest absolute Gasteiger partial charge is 0.397 e. The van der Waals surface area contributed by atoms with Crippen LogP contribution in [-0.4, -0.2) is 9.27 Å². The van der Waals surface area contributed by atoms with Crippen molar-refractivity contribution in [3.8, 4) is 0 Å². The Kier molecular flexibility index (Phi) is 3.17. The number of aromatic nitrogens is 1. The van der Waals surface area contributed by atoms with Crippen LogP contribution in [0.3, 0.4) is 0 Å². The predicted octanol–water partition coefficient (Wildman–Crippen LogP) is 1.75. The summed E-state index contributed by atoms with van der Waals surface area (Å²) in [6, 6.07) is 0. The van der Waals surface area contributed by atoms with E-state index in [2.05, 4.69) is 20.9 Å². The minimum atomic E-state index is -0.136. The maximum Gasteiger partial charge on any atom is 0.0927 e. The van der Waals surface area contributed by atoms with Crippen molar-refractivity contribution < 1.29 is 0 Å². The fourth-order valence-corrected chi connectivity index (χ4v) is 1.38. The number of nitrogens with two attached hydrogens (primary N) is 2. The van der Waals surface area contributed by atoms with Crippen LogP contribution >= 0.6 is 27.5 Å². The van der Waals surface area contributed by atoms with E-state index in [9.17, 15) is 0 Å². The molecule has 1 rings (SSSR count). The fourth-order valence-electron chi connectivity index (χ4n) is 0.861. The van der Waals surface area contributed by atoms with Crippen molar-refractivity contribution >= 4 is 38.9 Å². The maximum atomic E-state index is 5.73. The summed E-state index contributed by atoms with van der Waals surface area (Å²) in [6.07, 6.45) is 3.81. The van der Waals surface area contributed by atoms with Crippen LogP contribution in [-0.2, 0) is 6.42 Å². The van der Waals surface area contributed by atoms with E-state index in [1.54, 1.807) is 6.20 Å². The molecular formula is C7H9BrClN3. The Labute approximate surface area is 84.2 Å². The first kappa shape index (κ1) is 9.61. The molecule has 1 heterocycles. The summed E-state index contributed by atoms with van der Waals surface area (Å²) in [5.74, 6) is 0. The number of alkyl halides is 2. The lowest BCUT2D eigenvalue weighted by Crippen LogP contribution is -2.03. The molecule has 0 aromatic carbocycles. The molecule has 0 fully saturated rings. The zero-order valence-electron chi connectivity index (χ0n) is 6.30. The second kappa shape index (κ2) is 3.96. The highest BCUT2D eigenvalue weighted by Crippen LogP contribution is 2.22. The van der Waals surface area contributed by atoms with Crippen LogP contribution in [0.15, 0.2) is 12.4 Å². The van der Waals surface area contributed by atoms with Crippen molar-refractivity contribution in [1.29, 1.82) is 0 Å². The van der Waals surface area contributed by atoms with E-state index in [0.717, 1.165) is 5.56 Å². The van der Waals surface area contributed by atoms with Gasteiger partial charge in [0.2, 0.25) is 0 Å². The normalized spacial score (nSPS) is 12.8. The number of nitrogen functional groups attached to an aromatic ring is 2. The van der Waals surface area contributed by atoms with Crippen LogP contribution < -0.4 is 11.5 Å². The van der Waals surface area contributed by atoms with Crippen LogP contribution in [0.2, 0.25) is 0 Å². The highest BCUT2D eigenvalue weighted by Gasteiger charge is 2.06. The number of hydrogen-bond donors (Lipinski definition) is 2. The summed E-state index contributed by atoms with van der Waals surface area (Å²) in [5, 5.41) is 0. The van der Waals surface area contributed by atoms with E-state index in [-0.39, 0.29) is 4.29 Å². The Bertz CT molecular complexity index is 277. The van der Waals surface area contributed by atoms with E-state index in [1.807, 2.05) is 0 Å². The van der Waals surface area contributed by atoms with Crippen LogP contribution in [0.1, 0.15) is 5.56 Å². The zero-order valence-corrected chi connectivity index (χ0v) is 8.64. The second-order valence-electron chi connectivity index (χ2n) is 2.40. The molecule has 0 bridgehead atoms. The van der Waals surface area contributed by atoms with Gasteiger partial charge in [0.1, 0.15) is 0 Å². The molecule has 0 aliphatic rings. The van der Waals surface area contributed by atoms with Crippen LogP contribution in [0.25, 0.3) is 0 Å². The van der Waals surface area contributed by atoms with Gasteiger partial charge in [-0.3, -0.25) is 4.98 Å². The number of nitrogens with zero attached hydrogens (tertiary/aromatic N) is 1. The quantitative estimate of drug-likeness (QED) is 0.786. The topological polar surface area (TPSA) is 64.9 Å². The monoisotopic (exact) mass is 249 g/mol. The standard InChI is InChI=1S/C7H9BrClN3/c8-6(9)1-4-2-12-3-5(10)7(4)11/h2-3,6H,1,10H2,(H2,11,12). The first-order chi connectivity index (χ1) is 5.61. The Morgan fingerprint density at radius 2 is 2.17 bits per heavy atom. The van der Waals surface area contributed by atoms with Gasteiger partial charge in [0.05, 0.1) is 21.9 Å². The molecule has 66 valence electrons. The molecule has 0 aliphatic carbocycles. The summed E-state index contributed by atoms with van der Waals surface area (Å²) in [6.45, 7) is 0. The van der Waals surface area contributed by atoms with Crippen molar-refractivity contribution in [2.24, 2.45) is 0 Å². The highest BCUT2D eigenvalue weighted by molar-refractivity contribution is 9.10. The van der Waals surface area contributed by atoms with Gasteiger partial charge in [0.25, 0.3) is 0 Å². The molecule has 1 aromatic rings. The van der Waals surface area contributed by atoms with Crippen LogP contribution in [0.5, 0.6) is 0 Å². The molecule has 1 atom stereocenters. The van der Waals surface area contributed by atoms with E-state index in [1.165, 1.54) is 6.20 Å². The van der Waals surface area contributed by atoms with Crippen molar-refractivity contribution in [2.45, 2.75) is 10.7 Å². The lowest BCUT2D eigenvalue weighted by Gasteiger charge is -2.06. The van der Waals surface area contributed by atoms with Gasteiger partial charge in [0, 0.05) is 12.6 Å². The first-order valence-corrected chi connectivity index (χ1v) is 4.72. The van der Waals surface area contributed by atoms with Crippen molar-refractivity contribution in [3.05, 3.63) is 18.0 Å². The molecule has 0 radical (unpaired) electrons. The molecule has 0 saturated heterocycles. The van der Waals surface area contributed by atoms with Gasteiger partial charge in [-0.05, 0) is 5.56 Å².